The van der Waals surface area contributed by atoms with Gasteiger partial charge in [0, 0.05) is 0 Å². The van der Waals surface area contributed by atoms with Crippen LogP contribution in [0, 0.1) is 0 Å². The van der Waals surface area contributed by atoms with E-state index in [-0.39, 0.29) is 0 Å². The Balaban J connectivity index is 2.05. The first-order valence-corrected chi connectivity index (χ1v) is 12.2. The van der Waals surface area contributed by atoms with Crippen molar-refractivity contribution < 1.29 is 0 Å². The summed E-state index contributed by atoms with van der Waals surface area (Å²) in [6, 6.07) is 11.3. The van der Waals surface area contributed by atoms with Gasteiger partial charge in [0.15, 0.2) is 0 Å². The molecular formula is C16H21PSSe. The van der Waals surface area contributed by atoms with Crippen LogP contribution < -0.4 is 5.30 Å². The molecule has 3 rings (SSSR count). The predicted octanol–water partition coefficient (Wildman–Crippen LogP) is 4.37. The van der Waals surface area contributed by atoms with E-state index in [0.717, 1.165) is 15.9 Å². The monoisotopic (exact) mass is 356 g/mol. The van der Waals surface area contributed by atoms with Gasteiger partial charge in [-0.3, -0.25) is 0 Å². The topological polar surface area (TPSA) is 0 Å². The summed E-state index contributed by atoms with van der Waals surface area (Å²) in [4.78, 5) is 0.747. The maximum atomic E-state index is 3.73. The average molecular weight is 355 g/mol. The van der Waals surface area contributed by atoms with Crippen molar-refractivity contribution in [3.8, 4) is 0 Å². The summed E-state index contributed by atoms with van der Waals surface area (Å²) in [5.74, 6) is -1.18. The predicted molar refractivity (Wildman–Crippen MR) is 91.0 cm³/mol. The molecule has 1 unspecified atom stereocenters. The van der Waals surface area contributed by atoms with Crippen LogP contribution in [0.4, 0.5) is 0 Å². The summed E-state index contributed by atoms with van der Waals surface area (Å²) in [5.41, 5.74) is 4.15. The summed E-state index contributed by atoms with van der Waals surface area (Å²) in [6.45, 7) is 7.07. The van der Waals surface area contributed by atoms with E-state index in [1.807, 2.05) is 0 Å². The zero-order valence-electron chi connectivity index (χ0n) is 11.8. The first-order chi connectivity index (χ1) is 9.10. The molecule has 1 saturated heterocycles. The average Bonchev–Trinajstić information content (AvgIpc) is 2.81. The van der Waals surface area contributed by atoms with Gasteiger partial charge in [0.25, 0.3) is 0 Å². The maximum absolute atomic E-state index is 3.73. The number of hydrogen-bond donors (Lipinski definition) is 0. The number of allylic oxidation sites excluding steroid dienone is 1. The van der Waals surface area contributed by atoms with Crippen molar-refractivity contribution >= 4 is 38.6 Å². The fraction of sp³-hybridized carbons (Fsp3) is 0.500. The van der Waals surface area contributed by atoms with E-state index in [4.69, 9.17) is 0 Å². The van der Waals surface area contributed by atoms with Crippen molar-refractivity contribution in [3.63, 3.8) is 0 Å². The Morgan fingerprint density at radius 3 is 2.47 bits per heavy atom. The fourth-order valence-electron chi connectivity index (χ4n) is 3.57. The van der Waals surface area contributed by atoms with Crippen molar-refractivity contribution in [2.24, 2.45) is 0 Å². The van der Waals surface area contributed by atoms with Crippen molar-refractivity contribution in [2.45, 2.75) is 49.5 Å². The Morgan fingerprint density at radius 1 is 1.16 bits per heavy atom. The van der Waals surface area contributed by atoms with Crippen LogP contribution in [0.5, 0.6) is 0 Å². The van der Waals surface area contributed by atoms with Crippen LogP contribution in [0.15, 0.2) is 41.5 Å². The molecule has 2 heterocycles. The molecule has 0 radical (unpaired) electrons. The van der Waals surface area contributed by atoms with E-state index in [0.29, 0.717) is 0 Å². The van der Waals surface area contributed by atoms with E-state index < -0.39 is 5.95 Å². The Hall–Kier alpha value is 0.259. The Labute approximate surface area is 129 Å². The minimum absolute atomic E-state index is 0.747. The zero-order valence-corrected chi connectivity index (χ0v) is 15.2. The Bertz CT molecular complexity index is 513. The molecule has 4 atom stereocenters. The van der Waals surface area contributed by atoms with Gasteiger partial charge in [0.2, 0.25) is 0 Å². The van der Waals surface area contributed by atoms with E-state index in [1.165, 1.54) is 12.8 Å². The Morgan fingerprint density at radius 2 is 1.84 bits per heavy atom. The SMILES string of the molecule is CCC[C@@H]1S[C@@H]2C(C)=C(C)[C@H]1[P+]2([Se-])c1ccccc1. The molecule has 0 saturated carbocycles. The third-order valence-corrected chi connectivity index (χ3v) is 16.4. The summed E-state index contributed by atoms with van der Waals surface area (Å²) in [7, 11) is 0. The summed E-state index contributed by atoms with van der Waals surface area (Å²) in [5, 5.41) is 2.43. The summed E-state index contributed by atoms with van der Waals surface area (Å²) >= 11 is 5.99. The Kier molecular flexibility index (Phi) is 3.91. The molecule has 0 aromatic heterocycles. The van der Waals surface area contributed by atoms with Crippen LogP contribution in [0.1, 0.15) is 33.6 Å². The molecule has 2 bridgehead atoms. The molecule has 0 spiro atoms. The third-order valence-electron chi connectivity index (χ3n) is 4.59. The first kappa shape index (κ1) is 14.2. The summed E-state index contributed by atoms with van der Waals surface area (Å²) < 4.78 is 0. The van der Waals surface area contributed by atoms with Gasteiger partial charge in [-0.15, -0.1) is 0 Å². The minimum atomic E-state index is -1.18. The molecule has 19 heavy (non-hydrogen) atoms. The van der Waals surface area contributed by atoms with Crippen LogP contribution in [0.25, 0.3) is 0 Å². The summed E-state index contributed by atoms with van der Waals surface area (Å²) in [6.07, 6.45) is 2.68. The molecule has 3 heteroatoms. The number of rotatable bonds is 3. The van der Waals surface area contributed by atoms with Gasteiger partial charge in [-0.2, -0.15) is 0 Å². The number of fused-ring (bicyclic) bond motifs is 2. The molecule has 1 aromatic rings. The van der Waals surface area contributed by atoms with E-state index in [1.54, 1.807) is 16.5 Å². The quantitative estimate of drug-likeness (QED) is 0.441. The standard InChI is InChI=1S/C16H21PSSe/c1-4-8-14-15-11(2)12(3)16(18-14)17(15,19)13-9-6-5-7-10-13/h5-7,9-10,14-16H,4,8H2,1-3H3/t14-,15+,16+,17?/m0/s1. The van der Waals surface area contributed by atoms with Gasteiger partial charge < -0.3 is 0 Å². The van der Waals surface area contributed by atoms with Gasteiger partial charge in [0.05, 0.1) is 0 Å². The van der Waals surface area contributed by atoms with E-state index in [2.05, 4.69) is 78.4 Å². The zero-order chi connectivity index (χ0) is 13.6. The molecule has 2 aliphatic rings. The van der Waals surface area contributed by atoms with Crippen LogP contribution in [0.2, 0.25) is 0 Å². The third kappa shape index (κ3) is 1.99. The van der Waals surface area contributed by atoms with Crippen molar-refractivity contribution in [2.75, 3.05) is 0 Å². The van der Waals surface area contributed by atoms with Crippen LogP contribution in [-0.4, -0.2) is 31.5 Å². The fourth-order valence-corrected chi connectivity index (χ4v) is 16.6. The molecule has 0 N–H and O–H groups in total. The van der Waals surface area contributed by atoms with Crippen LogP contribution in [0.3, 0.4) is 0 Å². The second kappa shape index (κ2) is 5.23. The number of benzene rings is 1. The second-order valence-corrected chi connectivity index (χ2v) is 14.2. The van der Waals surface area contributed by atoms with Gasteiger partial charge in [0.1, 0.15) is 0 Å². The van der Waals surface area contributed by atoms with Crippen molar-refractivity contribution in [1.82, 2.24) is 0 Å². The van der Waals surface area contributed by atoms with Crippen molar-refractivity contribution in [3.05, 3.63) is 41.5 Å². The van der Waals surface area contributed by atoms with Crippen molar-refractivity contribution in [1.29, 1.82) is 0 Å². The van der Waals surface area contributed by atoms with Gasteiger partial charge >= 0.3 is 130 Å². The molecule has 102 valence electrons. The molecule has 0 amide bonds. The number of thioether (sulfide) groups is 1. The normalized spacial score (nSPS) is 37.2. The van der Waals surface area contributed by atoms with Gasteiger partial charge in [-0.1, -0.05) is 0 Å². The molecule has 0 nitrogen and oxygen atoms in total. The number of hydrogen-bond acceptors (Lipinski definition) is 1. The van der Waals surface area contributed by atoms with Crippen LogP contribution in [-0.2, 0) is 0 Å². The molecule has 2 aliphatic heterocycles. The molecule has 0 aliphatic carbocycles. The van der Waals surface area contributed by atoms with Gasteiger partial charge in [-0.05, 0) is 0 Å². The van der Waals surface area contributed by atoms with Crippen LogP contribution >= 0.6 is 17.7 Å². The van der Waals surface area contributed by atoms with Gasteiger partial charge in [-0.25, -0.2) is 0 Å². The van der Waals surface area contributed by atoms with E-state index in [9.17, 15) is 0 Å². The second-order valence-electron chi connectivity index (χ2n) is 5.67. The molecule has 1 fully saturated rings. The van der Waals surface area contributed by atoms with E-state index >= 15 is 0 Å². The molecular weight excluding hydrogens is 334 g/mol. The molecule has 1 aromatic carbocycles. The first-order valence-electron chi connectivity index (χ1n) is 7.08.